The first-order chi connectivity index (χ1) is 10.0. The third kappa shape index (κ3) is 2.48. The van der Waals surface area contributed by atoms with Gasteiger partial charge in [0.15, 0.2) is 11.6 Å². The number of piperidine rings is 1. The van der Waals surface area contributed by atoms with Gasteiger partial charge in [0.2, 0.25) is 0 Å². The molecule has 0 spiro atoms. The molecule has 1 saturated heterocycles. The van der Waals surface area contributed by atoms with Gasteiger partial charge < -0.3 is 14.9 Å². The number of rotatable bonds is 3. The van der Waals surface area contributed by atoms with Crippen LogP contribution >= 0.6 is 0 Å². The lowest BCUT2D eigenvalue weighted by atomic mass is 9.65. The van der Waals surface area contributed by atoms with Crippen molar-refractivity contribution < 1.29 is 5.11 Å². The maximum Gasteiger partial charge on any atom is 0.171 e. The van der Waals surface area contributed by atoms with Crippen molar-refractivity contribution in [3.05, 3.63) is 12.4 Å². The van der Waals surface area contributed by atoms with E-state index >= 15 is 0 Å². The summed E-state index contributed by atoms with van der Waals surface area (Å²) in [4.78, 5) is 13.2. The van der Waals surface area contributed by atoms with Crippen LogP contribution in [-0.4, -0.2) is 47.9 Å². The van der Waals surface area contributed by atoms with E-state index in [1.807, 2.05) is 19.0 Å². The fourth-order valence-electron chi connectivity index (χ4n) is 3.71. The van der Waals surface area contributed by atoms with Gasteiger partial charge in [-0.2, -0.15) is 0 Å². The summed E-state index contributed by atoms with van der Waals surface area (Å²) in [6.07, 6.45) is 7.97. The molecule has 2 aliphatic rings. The number of hydrogen-bond donors (Lipinski definition) is 1. The first-order valence-corrected chi connectivity index (χ1v) is 7.98. The first kappa shape index (κ1) is 14.6. The summed E-state index contributed by atoms with van der Waals surface area (Å²) in [5, 5.41) is 11.0. The van der Waals surface area contributed by atoms with E-state index in [1.165, 1.54) is 19.3 Å². The van der Waals surface area contributed by atoms with E-state index in [-0.39, 0.29) is 5.92 Å². The zero-order valence-corrected chi connectivity index (χ0v) is 13.3. The molecule has 1 aliphatic carbocycles. The van der Waals surface area contributed by atoms with Gasteiger partial charge in [-0.05, 0) is 25.2 Å². The Labute approximate surface area is 127 Å². The maximum atomic E-state index is 11.0. The summed E-state index contributed by atoms with van der Waals surface area (Å²) in [5.74, 6) is 2.61. The van der Waals surface area contributed by atoms with Gasteiger partial charge in [-0.25, -0.2) is 9.97 Å². The molecule has 0 aromatic carbocycles. The van der Waals surface area contributed by atoms with Gasteiger partial charge in [-0.15, -0.1) is 0 Å². The Morgan fingerprint density at radius 3 is 2.57 bits per heavy atom. The summed E-state index contributed by atoms with van der Waals surface area (Å²) in [5.41, 5.74) is -0.477. The Bertz CT molecular complexity index is 503. The number of anilines is 2. The molecule has 1 aromatic rings. The second-order valence-electron chi connectivity index (χ2n) is 6.81. The topological polar surface area (TPSA) is 52.5 Å². The fraction of sp³-hybridized carbons (Fsp3) is 0.750. The third-order valence-electron chi connectivity index (χ3n) is 5.33. The standard InChI is InChI=1S/C16H26N4O/c1-12-11-20(10-7-16(12,21)13-5-4-6-13)15-14(19(2)3)17-8-9-18-15/h8-9,12-13,21H,4-7,10-11H2,1-3H3/t12-,16+/m1/s1. The van der Waals surface area contributed by atoms with Gasteiger partial charge in [-0.1, -0.05) is 13.3 Å². The molecule has 2 heterocycles. The highest BCUT2D eigenvalue weighted by molar-refractivity contribution is 5.61. The smallest absolute Gasteiger partial charge is 0.171 e. The second kappa shape index (κ2) is 5.44. The van der Waals surface area contributed by atoms with E-state index in [4.69, 9.17) is 0 Å². The summed E-state index contributed by atoms with van der Waals surface area (Å²) in [7, 11) is 3.98. The Morgan fingerprint density at radius 2 is 2.00 bits per heavy atom. The molecule has 116 valence electrons. The Morgan fingerprint density at radius 1 is 1.29 bits per heavy atom. The highest BCUT2D eigenvalue weighted by Crippen LogP contribution is 2.45. The molecule has 2 atom stereocenters. The van der Waals surface area contributed by atoms with Crippen molar-refractivity contribution in [2.75, 3.05) is 37.0 Å². The van der Waals surface area contributed by atoms with Crippen LogP contribution in [0.1, 0.15) is 32.6 Å². The minimum absolute atomic E-state index is 0.272. The van der Waals surface area contributed by atoms with E-state index in [0.717, 1.165) is 31.1 Å². The molecule has 0 unspecified atom stereocenters. The van der Waals surface area contributed by atoms with E-state index in [1.54, 1.807) is 12.4 Å². The summed E-state index contributed by atoms with van der Waals surface area (Å²) in [6.45, 7) is 3.89. The van der Waals surface area contributed by atoms with E-state index < -0.39 is 5.60 Å². The molecule has 21 heavy (non-hydrogen) atoms. The molecule has 5 heteroatoms. The molecular weight excluding hydrogens is 264 g/mol. The van der Waals surface area contributed by atoms with Crippen LogP contribution in [0.4, 0.5) is 11.6 Å². The Hall–Kier alpha value is -1.36. The van der Waals surface area contributed by atoms with E-state index in [9.17, 15) is 5.11 Å². The lowest BCUT2D eigenvalue weighted by molar-refractivity contribution is -0.102. The molecule has 1 saturated carbocycles. The normalized spacial score (nSPS) is 30.1. The van der Waals surface area contributed by atoms with Crippen molar-refractivity contribution in [1.29, 1.82) is 0 Å². The number of aliphatic hydroxyl groups is 1. The van der Waals surface area contributed by atoms with Crippen LogP contribution in [0.2, 0.25) is 0 Å². The van der Waals surface area contributed by atoms with E-state index in [2.05, 4.69) is 21.8 Å². The lowest BCUT2D eigenvalue weighted by Gasteiger charge is -2.50. The molecule has 0 radical (unpaired) electrons. The molecule has 1 N–H and O–H groups in total. The SMILES string of the molecule is C[C@@H]1CN(c2nccnc2N(C)C)CC[C@@]1(O)C1CCC1. The second-order valence-corrected chi connectivity index (χ2v) is 6.81. The number of nitrogens with zero attached hydrogens (tertiary/aromatic N) is 4. The molecule has 1 aliphatic heterocycles. The maximum absolute atomic E-state index is 11.0. The monoisotopic (exact) mass is 290 g/mol. The molecule has 3 rings (SSSR count). The minimum atomic E-state index is -0.477. The van der Waals surface area contributed by atoms with Gasteiger partial charge in [0.05, 0.1) is 5.60 Å². The van der Waals surface area contributed by atoms with Crippen molar-refractivity contribution in [2.24, 2.45) is 11.8 Å². The molecular formula is C16H26N4O. The van der Waals surface area contributed by atoms with Gasteiger partial charge in [0.1, 0.15) is 0 Å². The highest BCUT2D eigenvalue weighted by Gasteiger charge is 2.47. The van der Waals surface area contributed by atoms with Crippen LogP contribution in [0.5, 0.6) is 0 Å². The van der Waals surface area contributed by atoms with Crippen LogP contribution in [0, 0.1) is 11.8 Å². The molecule has 0 amide bonds. The van der Waals surface area contributed by atoms with Gasteiger partial charge >= 0.3 is 0 Å². The van der Waals surface area contributed by atoms with Crippen molar-refractivity contribution >= 4 is 11.6 Å². The predicted octanol–water partition coefficient (Wildman–Crippen LogP) is 1.92. The quantitative estimate of drug-likeness (QED) is 0.921. The van der Waals surface area contributed by atoms with Gasteiger partial charge in [-0.3, -0.25) is 0 Å². The Kier molecular flexibility index (Phi) is 3.78. The van der Waals surface area contributed by atoms with Crippen LogP contribution in [0.15, 0.2) is 12.4 Å². The number of hydrogen-bond acceptors (Lipinski definition) is 5. The minimum Gasteiger partial charge on any atom is -0.389 e. The lowest BCUT2D eigenvalue weighted by Crippen LogP contribution is -2.56. The highest BCUT2D eigenvalue weighted by atomic mass is 16.3. The summed E-state index contributed by atoms with van der Waals surface area (Å²) < 4.78 is 0. The molecule has 2 fully saturated rings. The van der Waals surface area contributed by atoms with Crippen molar-refractivity contribution in [1.82, 2.24) is 9.97 Å². The fourth-order valence-corrected chi connectivity index (χ4v) is 3.71. The summed E-state index contributed by atoms with van der Waals surface area (Å²) in [6, 6.07) is 0. The summed E-state index contributed by atoms with van der Waals surface area (Å²) >= 11 is 0. The largest absolute Gasteiger partial charge is 0.389 e. The molecule has 5 nitrogen and oxygen atoms in total. The van der Waals surface area contributed by atoms with Gasteiger partial charge in [0.25, 0.3) is 0 Å². The van der Waals surface area contributed by atoms with Gasteiger partial charge in [0, 0.05) is 45.5 Å². The zero-order chi connectivity index (χ0) is 15.0. The number of aromatic nitrogens is 2. The zero-order valence-electron chi connectivity index (χ0n) is 13.3. The third-order valence-corrected chi connectivity index (χ3v) is 5.33. The van der Waals surface area contributed by atoms with Crippen molar-refractivity contribution in [3.63, 3.8) is 0 Å². The van der Waals surface area contributed by atoms with Crippen molar-refractivity contribution in [3.8, 4) is 0 Å². The first-order valence-electron chi connectivity index (χ1n) is 7.98. The average Bonchev–Trinajstić information content (AvgIpc) is 2.40. The average molecular weight is 290 g/mol. The van der Waals surface area contributed by atoms with Crippen LogP contribution in [-0.2, 0) is 0 Å². The Balaban J connectivity index is 1.78. The van der Waals surface area contributed by atoms with Crippen LogP contribution < -0.4 is 9.80 Å². The van der Waals surface area contributed by atoms with Crippen molar-refractivity contribution in [2.45, 2.75) is 38.2 Å². The molecule has 1 aromatic heterocycles. The predicted molar refractivity (Wildman–Crippen MR) is 84.6 cm³/mol. The van der Waals surface area contributed by atoms with Crippen LogP contribution in [0.3, 0.4) is 0 Å². The molecule has 0 bridgehead atoms. The van der Waals surface area contributed by atoms with Crippen LogP contribution in [0.25, 0.3) is 0 Å². The van der Waals surface area contributed by atoms with E-state index in [0.29, 0.717) is 5.92 Å².